The molecule has 0 saturated heterocycles. The van der Waals surface area contributed by atoms with Crippen LogP contribution in [-0.2, 0) is 40.6 Å². The summed E-state index contributed by atoms with van der Waals surface area (Å²) in [5.74, 6) is -0.895. The van der Waals surface area contributed by atoms with Gasteiger partial charge in [0.05, 0.1) is 13.2 Å². The topological polar surface area (TPSA) is 105 Å². The Morgan fingerprint density at radius 3 is 1.74 bits per heavy atom. The minimum absolute atomic E-state index is 0.181. The molecule has 0 unspecified atom stereocenters. The van der Waals surface area contributed by atoms with Crippen molar-refractivity contribution < 1.29 is 23.2 Å². The Balaban J connectivity index is 1.89. The average Bonchev–Trinajstić information content (AvgIpc) is 3.38. The zero-order valence-electron chi connectivity index (χ0n) is 21.4. The Morgan fingerprint density at radius 2 is 1.36 bits per heavy atom. The number of hydrogen-bond acceptors (Lipinski definition) is 10. The van der Waals surface area contributed by atoms with Crippen LogP contribution < -0.4 is 5.73 Å². The molecule has 1 aromatic heterocycles. The van der Waals surface area contributed by atoms with Crippen LogP contribution in [0, 0.1) is 0 Å². The molecule has 202 valence electrons. The van der Waals surface area contributed by atoms with Crippen molar-refractivity contribution in [2.75, 3.05) is 18.9 Å². The lowest BCUT2D eigenvalue weighted by Crippen LogP contribution is -2.32. The van der Waals surface area contributed by atoms with Gasteiger partial charge in [-0.15, -0.1) is 11.3 Å². The van der Waals surface area contributed by atoms with Gasteiger partial charge in [0.25, 0.3) is 0 Å². The molecule has 0 saturated carbocycles. The Bertz CT molecular complexity index is 1340. The van der Waals surface area contributed by atoms with Gasteiger partial charge in [0.1, 0.15) is 5.69 Å². The molecule has 0 atom stereocenters. The number of benzene rings is 3. The van der Waals surface area contributed by atoms with E-state index in [2.05, 4.69) is 10.1 Å². The van der Waals surface area contributed by atoms with E-state index < -0.39 is 18.3 Å². The minimum Gasteiger partial charge on any atom is -0.386 e. The van der Waals surface area contributed by atoms with Gasteiger partial charge in [-0.2, -0.15) is 0 Å². The first kappa shape index (κ1) is 28.6. The molecule has 11 heteroatoms. The largest absolute Gasteiger partial charge is 0.386 e. The number of anilines is 1. The number of thiazole rings is 1. The predicted molar refractivity (Wildman–Crippen MR) is 157 cm³/mol. The molecule has 0 radical (unpaired) electrons. The maximum atomic E-state index is 13.5. The lowest BCUT2D eigenvalue weighted by atomic mass is 9.80. The molecule has 3 aromatic carbocycles. The first-order valence-electron chi connectivity index (χ1n) is 12.2. The van der Waals surface area contributed by atoms with Crippen molar-refractivity contribution in [1.82, 2.24) is 4.98 Å². The maximum Gasteiger partial charge on any atom is 0.383 e. The van der Waals surface area contributed by atoms with E-state index >= 15 is 0 Å². The molecule has 2 N–H and O–H groups in total. The average molecular weight is 582 g/mol. The normalized spacial score (nSPS) is 12.2. The van der Waals surface area contributed by atoms with Crippen molar-refractivity contribution in [2.45, 2.75) is 19.4 Å². The van der Waals surface area contributed by atoms with Crippen LogP contribution >= 0.6 is 18.1 Å². The molecule has 0 aliphatic heterocycles. The van der Waals surface area contributed by atoms with Gasteiger partial charge in [-0.05, 0) is 13.8 Å². The molecule has 8 nitrogen and oxygen atoms in total. The van der Waals surface area contributed by atoms with E-state index in [1.807, 2.05) is 91.0 Å². The summed E-state index contributed by atoms with van der Waals surface area (Å²) in [6.45, 7) is 0.494. The lowest BCUT2D eigenvalue weighted by Gasteiger charge is -2.33. The quantitative estimate of drug-likeness (QED) is 0.0902. The third-order valence-electron chi connectivity index (χ3n) is 5.54. The predicted octanol–water partition coefficient (Wildman–Crippen LogP) is 6.28. The van der Waals surface area contributed by atoms with Gasteiger partial charge < -0.3 is 15.1 Å². The van der Waals surface area contributed by atoms with E-state index in [-0.39, 0.29) is 29.8 Å². The molecule has 4 aromatic rings. The fourth-order valence-corrected chi connectivity index (χ4v) is 6.41. The van der Waals surface area contributed by atoms with E-state index in [4.69, 9.17) is 35.9 Å². The van der Waals surface area contributed by atoms with Gasteiger partial charge >= 0.3 is 12.7 Å². The molecule has 0 fully saturated rings. The van der Waals surface area contributed by atoms with Gasteiger partial charge in [0.15, 0.2) is 5.13 Å². The summed E-state index contributed by atoms with van der Waals surface area (Å²) in [7, 11) is 0. The number of rotatable bonds is 12. The van der Waals surface area contributed by atoms with Crippen LogP contribution in [-0.4, -0.2) is 29.9 Å². The Kier molecular flexibility index (Phi) is 9.61. The second-order valence-corrected chi connectivity index (χ2v) is 11.9. The van der Waals surface area contributed by atoms with Crippen LogP contribution in [0.2, 0.25) is 0 Å². The van der Waals surface area contributed by atoms with Gasteiger partial charge in [-0.25, -0.2) is 9.78 Å². The third kappa shape index (κ3) is 6.61. The third-order valence-corrected chi connectivity index (χ3v) is 8.61. The van der Waals surface area contributed by atoms with Crippen LogP contribution in [0.15, 0.2) is 102 Å². The summed E-state index contributed by atoms with van der Waals surface area (Å²) in [6, 6.07) is 28.9. The van der Waals surface area contributed by atoms with Crippen LogP contribution in [0.3, 0.4) is 0 Å². The highest BCUT2D eigenvalue weighted by Crippen LogP contribution is 2.50. The van der Waals surface area contributed by atoms with Crippen molar-refractivity contribution in [1.29, 1.82) is 0 Å². The first-order valence-corrected chi connectivity index (χ1v) is 15.6. The van der Waals surface area contributed by atoms with Crippen molar-refractivity contribution in [3.63, 3.8) is 0 Å². The van der Waals surface area contributed by atoms with Crippen LogP contribution in [0.25, 0.3) is 0 Å². The molecule has 0 spiro atoms. The molecular formula is C28H28N3O5PS2. The van der Waals surface area contributed by atoms with Crippen molar-refractivity contribution >= 4 is 46.7 Å². The summed E-state index contributed by atoms with van der Waals surface area (Å²) in [5, 5.41) is 6.25. The number of carbonyl (C=O) groups excluding carboxylic acids is 1. The summed E-state index contributed by atoms with van der Waals surface area (Å²) in [4.78, 5) is 24.3. The summed E-state index contributed by atoms with van der Waals surface area (Å²) < 4.78 is 16.6. The zero-order chi connectivity index (χ0) is 27.7. The lowest BCUT2D eigenvalue weighted by molar-refractivity contribution is -0.128. The molecule has 4 rings (SSSR count). The fraction of sp³-hybridized carbons (Fsp3) is 0.179. The highest BCUT2D eigenvalue weighted by atomic mass is 32.5. The van der Waals surface area contributed by atoms with Crippen molar-refractivity contribution in [3.8, 4) is 0 Å². The maximum absolute atomic E-state index is 13.5. The number of hydrogen-bond donors (Lipinski definition) is 1. The van der Waals surface area contributed by atoms with E-state index in [9.17, 15) is 4.79 Å². The summed E-state index contributed by atoms with van der Waals surface area (Å²) in [5.41, 5.74) is 7.02. The SMILES string of the molecule is CCOP(=S)(OCC)OC(=O)C(=NOC(c1ccccc1)(c1ccccc1)c1ccccc1)c1csc(N)n1. The Morgan fingerprint density at radius 1 is 0.897 bits per heavy atom. The van der Waals surface area contributed by atoms with Crippen molar-refractivity contribution in [3.05, 3.63) is 119 Å². The summed E-state index contributed by atoms with van der Waals surface area (Å²) in [6.07, 6.45) is 0. The molecular weight excluding hydrogens is 553 g/mol. The fourth-order valence-electron chi connectivity index (χ4n) is 3.93. The van der Waals surface area contributed by atoms with E-state index in [1.165, 1.54) is 0 Å². The molecule has 0 amide bonds. The van der Waals surface area contributed by atoms with Crippen molar-refractivity contribution in [2.24, 2.45) is 5.16 Å². The Labute approximate surface area is 236 Å². The Hall–Kier alpha value is -3.40. The van der Waals surface area contributed by atoms with Gasteiger partial charge in [0, 0.05) is 33.9 Å². The number of aromatic nitrogens is 1. The molecule has 1 heterocycles. The standard InChI is InChI=1S/C28H28N3O5PS2/c1-3-33-37(38,34-4-2)35-26(32)25(24-20-39-27(29)30-24)31-36-28(21-14-8-5-9-15-21,22-16-10-6-11-17-22)23-18-12-7-13-19-23/h5-20H,3-4H2,1-2H3,(H2,29,30). The monoisotopic (exact) mass is 581 g/mol. The van der Waals surface area contributed by atoms with E-state index in [0.717, 1.165) is 28.0 Å². The van der Waals surface area contributed by atoms with Crippen LogP contribution in [0.4, 0.5) is 5.13 Å². The number of nitrogens with two attached hydrogens (primary N) is 1. The number of nitrogen functional groups attached to an aromatic ring is 1. The number of nitrogens with zero attached hydrogens (tertiary/aromatic N) is 2. The smallest absolute Gasteiger partial charge is 0.383 e. The molecule has 0 aliphatic rings. The number of oxime groups is 1. The molecule has 0 bridgehead atoms. The van der Waals surface area contributed by atoms with Crippen LogP contribution in [0.5, 0.6) is 0 Å². The van der Waals surface area contributed by atoms with Gasteiger partial charge in [0.2, 0.25) is 11.3 Å². The number of carbonyl (C=O) groups is 1. The van der Waals surface area contributed by atoms with Gasteiger partial charge in [-0.1, -0.05) is 96.2 Å². The van der Waals surface area contributed by atoms with Crippen LogP contribution in [0.1, 0.15) is 36.2 Å². The molecule has 0 aliphatic carbocycles. The molecule has 39 heavy (non-hydrogen) atoms. The highest BCUT2D eigenvalue weighted by Gasteiger charge is 2.40. The van der Waals surface area contributed by atoms with E-state index in [1.54, 1.807) is 19.2 Å². The first-order chi connectivity index (χ1) is 18.9. The van der Waals surface area contributed by atoms with Gasteiger partial charge in [-0.3, -0.25) is 9.05 Å². The van der Waals surface area contributed by atoms with E-state index in [0.29, 0.717) is 0 Å². The zero-order valence-corrected chi connectivity index (χ0v) is 24.0. The minimum atomic E-state index is -3.39. The summed E-state index contributed by atoms with van der Waals surface area (Å²) >= 11 is 6.58. The second kappa shape index (κ2) is 13.1. The highest BCUT2D eigenvalue weighted by molar-refractivity contribution is 8.07. The second-order valence-electron chi connectivity index (χ2n) is 8.04.